The fourth-order valence-corrected chi connectivity index (χ4v) is 100. The maximum Gasteiger partial charge on any atom is 0.669 e. The Labute approximate surface area is 484 Å². The molecule has 0 aromatic heterocycles. The van der Waals surface area contributed by atoms with Crippen molar-refractivity contribution < 1.29 is 83.2 Å². The second kappa shape index (κ2) is 27.0. The lowest BCUT2D eigenvalue weighted by Gasteiger charge is -2.45. The molecule has 0 fully saturated rings. The van der Waals surface area contributed by atoms with Crippen molar-refractivity contribution in [2.45, 2.75) is 229 Å². The van der Waals surface area contributed by atoms with Gasteiger partial charge in [-0.1, -0.05) is 0 Å². The summed E-state index contributed by atoms with van der Waals surface area (Å²) in [5.41, 5.74) is 0. The van der Waals surface area contributed by atoms with Crippen molar-refractivity contribution >= 4 is 154 Å². The largest absolute Gasteiger partial charge is 0.669 e. The predicted octanol–water partition coefficient (Wildman–Crippen LogP) is 12.7. The van der Waals surface area contributed by atoms with Gasteiger partial charge in [0.2, 0.25) is 0 Å². The third-order valence-electron chi connectivity index (χ3n) is 9.05. The molecule has 0 amide bonds. The summed E-state index contributed by atoms with van der Waals surface area (Å²) in [4.78, 5) is 0. The molecule has 0 atom stereocenters. The standard InChI is InChI=1S/C38H114O20Si18/c1-39-76(40-2,41-3)58-75(37,38)57-74(35,36)56-73(33,34)55-72(31,32)54-71(29,30)53-70(27,28)52-69(25,26)51-68(23,24)50-67(21,22)49-66(19,20)48-65(17,18)47-64(15,16)46-63(13,14)45-62(11,12)44-61(9,10)43-60(7,8)42-59(4,5)6/h1-38H3. The molecule has 0 radical (unpaired) electrons. The highest BCUT2D eigenvalue weighted by Gasteiger charge is 2.55. The Bertz CT molecular complexity index is 1820. The van der Waals surface area contributed by atoms with E-state index in [9.17, 15) is 0 Å². The molecule has 458 valence electrons. The minimum atomic E-state index is -3.35. The topological polar surface area (TPSA) is 185 Å². The maximum atomic E-state index is 6.92. The third-order valence-corrected chi connectivity index (χ3v) is 76.9. The molecule has 20 nitrogen and oxygen atoms in total. The molecule has 38 heteroatoms. The average Bonchev–Trinajstić information content (AvgIpc) is 2.96. The van der Waals surface area contributed by atoms with Gasteiger partial charge in [-0.3, -0.25) is 0 Å². The van der Waals surface area contributed by atoms with E-state index in [1.54, 1.807) is 0 Å². The van der Waals surface area contributed by atoms with Gasteiger partial charge in [-0.15, -0.1) is 0 Å². The Morgan fingerprint density at radius 1 is 0.132 bits per heavy atom. The Morgan fingerprint density at radius 2 is 0.224 bits per heavy atom. The van der Waals surface area contributed by atoms with Crippen LogP contribution in [0.2, 0.25) is 229 Å². The summed E-state index contributed by atoms with van der Waals surface area (Å²) in [6, 6.07) is 0. The van der Waals surface area contributed by atoms with Crippen LogP contribution in [0.25, 0.3) is 0 Å². The second-order valence-electron chi connectivity index (χ2n) is 27.4. The molecule has 0 aliphatic rings. The van der Waals surface area contributed by atoms with E-state index in [0.717, 1.165) is 0 Å². The molecule has 0 aromatic carbocycles. The van der Waals surface area contributed by atoms with Crippen molar-refractivity contribution in [3.05, 3.63) is 0 Å². The summed E-state index contributed by atoms with van der Waals surface area (Å²) in [6.45, 7) is 71.9. The molecule has 0 saturated heterocycles. The van der Waals surface area contributed by atoms with Gasteiger partial charge >= 0.3 is 146 Å². The molecule has 0 spiro atoms. The lowest BCUT2D eigenvalue weighted by atomic mass is 11.8. The molecule has 0 heterocycles. The van der Waals surface area contributed by atoms with Crippen LogP contribution in [0.3, 0.4) is 0 Å². The van der Waals surface area contributed by atoms with Crippen LogP contribution in [0.5, 0.6) is 0 Å². The fourth-order valence-electron chi connectivity index (χ4n) is 10.6. The second-order valence-corrected chi connectivity index (χ2v) is 92.5. The molecule has 0 aromatic rings. The van der Waals surface area contributed by atoms with Gasteiger partial charge in [0.15, 0.2) is 8.32 Å². The first-order valence-corrected chi connectivity index (χ1v) is 76.4. The summed E-state index contributed by atoms with van der Waals surface area (Å²) < 4.78 is 132. The zero-order chi connectivity index (χ0) is 61.1. The van der Waals surface area contributed by atoms with Crippen LogP contribution < -0.4 is 0 Å². The van der Waals surface area contributed by atoms with Gasteiger partial charge in [-0.25, -0.2) is 0 Å². The molecule has 0 N–H and O–H groups in total. The first-order chi connectivity index (χ1) is 32.7. The normalized spacial score (nSPS) is 16.0. The lowest BCUT2D eigenvalue weighted by molar-refractivity contribution is 0.0403. The number of rotatable bonds is 37. The Balaban J connectivity index is 5.80. The average molecular weight is 1400 g/mol. The van der Waals surface area contributed by atoms with Gasteiger partial charge in [0.05, 0.1) is 0 Å². The van der Waals surface area contributed by atoms with Crippen LogP contribution in [0.15, 0.2) is 0 Å². The Hall–Kier alpha value is 3.10. The van der Waals surface area contributed by atoms with E-state index in [0.29, 0.717) is 0 Å². The molecular formula is C38H114O20Si18. The van der Waals surface area contributed by atoms with E-state index in [1.165, 1.54) is 21.3 Å². The van der Waals surface area contributed by atoms with Gasteiger partial charge in [0.1, 0.15) is 0 Å². The fraction of sp³-hybridized carbons (Fsp3) is 1.00. The quantitative estimate of drug-likeness (QED) is 0.0534. The highest BCUT2D eigenvalue weighted by Crippen LogP contribution is 2.34. The van der Waals surface area contributed by atoms with E-state index < -0.39 is 154 Å². The van der Waals surface area contributed by atoms with Gasteiger partial charge in [-0.2, -0.15) is 0 Å². The van der Waals surface area contributed by atoms with Crippen molar-refractivity contribution in [3.63, 3.8) is 0 Å². The van der Waals surface area contributed by atoms with Gasteiger partial charge in [-0.05, 0) is 229 Å². The van der Waals surface area contributed by atoms with Crippen molar-refractivity contribution in [2.75, 3.05) is 21.3 Å². The van der Waals surface area contributed by atoms with Crippen molar-refractivity contribution in [2.24, 2.45) is 0 Å². The van der Waals surface area contributed by atoms with Gasteiger partial charge in [0, 0.05) is 21.3 Å². The van der Waals surface area contributed by atoms with Crippen molar-refractivity contribution in [3.8, 4) is 0 Å². The predicted molar refractivity (Wildman–Crippen MR) is 348 cm³/mol. The zero-order valence-corrected chi connectivity index (χ0v) is 73.2. The maximum absolute atomic E-state index is 6.92. The van der Waals surface area contributed by atoms with Crippen LogP contribution in [0.1, 0.15) is 0 Å². The van der Waals surface area contributed by atoms with E-state index in [-0.39, 0.29) is 0 Å². The van der Waals surface area contributed by atoms with Crippen LogP contribution in [-0.4, -0.2) is 176 Å². The summed E-state index contributed by atoms with van der Waals surface area (Å²) >= 11 is 0. The summed E-state index contributed by atoms with van der Waals surface area (Å²) in [5, 5.41) is 0. The smallest absolute Gasteiger partial charge is 0.437 e. The minimum absolute atomic E-state index is 1.50. The molecular weight excluding hydrogens is 1280 g/mol. The first-order valence-electron chi connectivity index (χ1n) is 26.3. The molecule has 0 bridgehead atoms. The SMILES string of the molecule is CO[Si](OC)(OC)O[Si](C)(C)O[Si](C)(C)O[Si](C)(C)O[Si](C)(C)O[Si](C)(C)O[Si](C)(C)O[Si](C)(C)O[Si](C)(C)O[Si](C)(C)O[Si](C)(C)O[Si](C)(C)O[Si](C)(C)O[Si](C)(C)O[Si](C)(C)O[Si](C)(C)O[Si](C)(C)O[Si](C)(C)C. The number of hydrogen-bond acceptors (Lipinski definition) is 20. The van der Waals surface area contributed by atoms with Crippen LogP contribution in [0, 0.1) is 0 Å². The Kier molecular flexibility index (Phi) is 28.1. The van der Waals surface area contributed by atoms with E-state index >= 15 is 0 Å². The minimum Gasteiger partial charge on any atom is -0.437 e. The van der Waals surface area contributed by atoms with E-state index in [2.05, 4.69) is 111 Å². The summed E-state index contributed by atoms with van der Waals surface area (Å²) in [7, 11) is -45.1. The molecule has 0 rings (SSSR count). The van der Waals surface area contributed by atoms with Crippen LogP contribution in [-0.2, 0) is 83.2 Å². The van der Waals surface area contributed by atoms with E-state index in [1.807, 2.05) is 118 Å². The summed E-state index contributed by atoms with van der Waals surface area (Å²) in [5.74, 6) is 0. The third kappa shape index (κ3) is 34.3. The zero-order valence-electron chi connectivity index (χ0n) is 55.2. The van der Waals surface area contributed by atoms with Crippen molar-refractivity contribution in [1.29, 1.82) is 0 Å². The Morgan fingerprint density at radius 3 is 0.316 bits per heavy atom. The highest BCUT2D eigenvalue weighted by atomic mass is 28.5. The summed E-state index contributed by atoms with van der Waals surface area (Å²) in [6.07, 6.45) is 0. The molecule has 0 aliphatic heterocycles. The van der Waals surface area contributed by atoms with Crippen LogP contribution in [0.4, 0.5) is 0 Å². The molecule has 0 saturated carbocycles. The van der Waals surface area contributed by atoms with Gasteiger partial charge < -0.3 is 83.2 Å². The molecule has 76 heavy (non-hydrogen) atoms. The highest BCUT2D eigenvalue weighted by molar-refractivity contribution is 6.95. The first kappa shape index (κ1) is 79.1. The van der Waals surface area contributed by atoms with Crippen LogP contribution >= 0.6 is 0 Å². The van der Waals surface area contributed by atoms with Gasteiger partial charge in [0.25, 0.3) is 0 Å². The molecule has 0 aliphatic carbocycles. The monoisotopic (exact) mass is 1390 g/mol. The van der Waals surface area contributed by atoms with E-state index in [4.69, 9.17) is 83.2 Å². The lowest BCUT2D eigenvalue weighted by Crippen LogP contribution is -2.63. The molecule has 0 unspecified atom stereocenters. The van der Waals surface area contributed by atoms with Crippen molar-refractivity contribution in [1.82, 2.24) is 0 Å². The number of hydrogen-bond donors (Lipinski definition) is 0.